The molecule has 0 fully saturated rings. The van der Waals surface area contributed by atoms with E-state index in [2.05, 4.69) is 9.71 Å². The number of para-hydroxylation sites is 1. The number of carboxylic acid groups (broad SMARTS) is 1. The van der Waals surface area contributed by atoms with E-state index in [-0.39, 0.29) is 22.7 Å². The first-order valence-corrected chi connectivity index (χ1v) is 9.30. The Hall–Kier alpha value is -2.93. The zero-order chi connectivity index (χ0) is 18.0. The normalized spacial score (nSPS) is 11.4. The summed E-state index contributed by atoms with van der Waals surface area (Å²) >= 11 is 0. The number of hydrogen-bond donors (Lipinski definition) is 2. The lowest BCUT2D eigenvalue weighted by molar-refractivity contribution is 0.0700. The molecular formula is C18H16N2O4S. The fourth-order valence-corrected chi connectivity index (χ4v) is 3.22. The number of hydrogen-bond acceptors (Lipinski definition) is 4. The van der Waals surface area contributed by atoms with Gasteiger partial charge in [-0.1, -0.05) is 48.5 Å². The lowest BCUT2D eigenvalue weighted by Crippen LogP contribution is -2.18. The summed E-state index contributed by atoms with van der Waals surface area (Å²) in [5.41, 5.74) is 1.28. The number of nitrogens with zero attached hydrogens (tertiary/aromatic N) is 1. The van der Waals surface area contributed by atoms with Gasteiger partial charge in [-0.3, -0.25) is 4.72 Å². The molecule has 0 radical (unpaired) electrons. The van der Waals surface area contributed by atoms with Crippen LogP contribution < -0.4 is 4.72 Å². The van der Waals surface area contributed by atoms with Crippen molar-refractivity contribution in [2.24, 2.45) is 0 Å². The number of carbonyl (C=O) groups is 1. The van der Waals surface area contributed by atoms with Crippen LogP contribution in [0.5, 0.6) is 0 Å². The third-order valence-corrected chi connectivity index (χ3v) is 5.07. The second kappa shape index (κ2) is 6.52. The van der Waals surface area contributed by atoms with Gasteiger partial charge in [-0.25, -0.2) is 18.2 Å². The molecule has 0 amide bonds. The van der Waals surface area contributed by atoms with Crippen LogP contribution in [0.4, 0.5) is 5.69 Å². The summed E-state index contributed by atoms with van der Waals surface area (Å²) in [5, 5.41) is 10.1. The Morgan fingerprint density at radius 2 is 1.72 bits per heavy atom. The highest BCUT2D eigenvalue weighted by molar-refractivity contribution is 7.92. The van der Waals surface area contributed by atoms with Gasteiger partial charge in [0.05, 0.1) is 28.2 Å². The summed E-state index contributed by atoms with van der Waals surface area (Å²) in [6.07, 6.45) is 0. The van der Waals surface area contributed by atoms with Crippen molar-refractivity contribution in [3.05, 3.63) is 60.2 Å². The molecule has 0 bridgehead atoms. The summed E-state index contributed by atoms with van der Waals surface area (Å²) in [6.45, 7) is 1.49. The predicted octanol–water partition coefficient (Wildman–Crippen LogP) is 3.36. The molecule has 1 heterocycles. The molecule has 0 unspecified atom stereocenters. The maximum Gasteiger partial charge on any atom is 0.338 e. The Labute approximate surface area is 145 Å². The Morgan fingerprint density at radius 1 is 1.08 bits per heavy atom. The van der Waals surface area contributed by atoms with Gasteiger partial charge in [0.15, 0.2) is 0 Å². The largest absolute Gasteiger partial charge is 0.478 e. The van der Waals surface area contributed by atoms with Crippen molar-refractivity contribution in [1.82, 2.24) is 4.98 Å². The van der Waals surface area contributed by atoms with E-state index in [1.807, 2.05) is 6.07 Å². The molecule has 128 valence electrons. The molecule has 2 aromatic carbocycles. The average molecular weight is 356 g/mol. The van der Waals surface area contributed by atoms with Crippen LogP contribution in [0.25, 0.3) is 22.2 Å². The minimum atomic E-state index is -3.68. The van der Waals surface area contributed by atoms with Gasteiger partial charge in [0.1, 0.15) is 0 Å². The van der Waals surface area contributed by atoms with Crippen molar-refractivity contribution < 1.29 is 18.3 Å². The molecule has 0 spiro atoms. The highest BCUT2D eigenvalue weighted by Gasteiger charge is 2.24. The first kappa shape index (κ1) is 16.9. The molecule has 0 saturated carbocycles. The van der Waals surface area contributed by atoms with Gasteiger partial charge in [-0.2, -0.15) is 0 Å². The van der Waals surface area contributed by atoms with Crippen LogP contribution in [0.2, 0.25) is 0 Å². The van der Waals surface area contributed by atoms with Crippen molar-refractivity contribution in [2.75, 3.05) is 10.5 Å². The Balaban J connectivity index is 2.42. The monoisotopic (exact) mass is 356 g/mol. The maximum atomic E-state index is 12.1. The van der Waals surface area contributed by atoms with Crippen molar-refractivity contribution in [3.8, 4) is 11.3 Å². The average Bonchev–Trinajstić information content (AvgIpc) is 2.61. The maximum absolute atomic E-state index is 12.1. The summed E-state index contributed by atoms with van der Waals surface area (Å²) in [7, 11) is -3.68. The number of pyridine rings is 1. The summed E-state index contributed by atoms with van der Waals surface area (Å²) in [4.78, 5) is 16.4. The van der Waals surface area contributed by atoms with Crippen LogP contribution in [0, 0.1) is 0 Å². The van der Waals surface area contributed by atoms with Crippen LogP contribution in [0.1, 0.15) is 17.3 Å². The third kappa shape index (κ3) is 3.32. The number of carboxylic acids is 1. The van der Waals surface area contributed by atoms with Crippen molar-refractivity contribution >= 4 is 32.6 Å². The highest BCUT2D eigenvalue weighted by atomic mass is 32.2. The molecule has 0 aliphatic carbocycles. The number of rotatable bonds is 5. The van der Waals surface area contributed by atoms with E-state index in [1.165, 1.54) is 6.92 Å². The molecule has 0 saturated heterocycles. The molecule has 3 aromatic rings. The van der Waals surface area contributed by atoms with Gasteiger partial charge in [0.2, 0.25) is 10.0 Å². The van der Waals surface area contributed by atoms with Crippen LogP contribution in [0.3, 0.4) is 0 Å². The number of sulfonamides is 1. The van der Waals surface area contributed by atoms with E-state index in [9.17, 15) is 18.3 Å². The first-order valence-electron chi connectivity index (χ1n) is 7.65. The first-order chi connectivity index (χ1) is 11.9. The summed E-state index contributed by atoms with van der Waals surface area (Å²) < 4.78 is 26.7. The minimum absolute atomic E-state index is 0.0146. The molecule has 2 N–H and O–H groups in total. The zero-order valence-corrected chi connectivity index (χ0v) is 14.2. The van der Waals surface area contributed by atoms with Gasteiger partial charge < -0.3 is 5.11 Å². The standard InChI is InChI=1S/C18H16N2O4S/c1-2-25(23,24)20-17-15(18(21)22)13-10-6-7-11-14(13)19-16(17)12-8-4-3-5-9-12/h3-11,20H,2H2,1H3,(H,21,22). The summed E-state index contributed by atoms with van der Waals surface area (Å²) in [5.74, 6) is -1.39. The predicted molar refractivity (Wildman–Crippen MR) is 97.2 cm³/mol. The number of aromatic nitrogens is 1. The van der Waals surface area contributed by atoms with Gasteiger partial charge in [0.25, 0.3) is 0 Å². The molecule has 0 aliphatic rings. The van der Waals surface area contributed by atoms with Gasteiger partial charge in [0, 0.05) is 10.9 Å². The highest BCUT2D eigenvalue weighted by Crippen LogP contribution is 2.35. The van der Waals surface area contributed by atoms with Crippen LogP contribution >= 0.6 is 0 Å². The van der Waals surface area contributed by atoms with Gasteiger partial charge >= 0.3 is 5.97 Å². The smallest absolute Gasteiger partial charge is 0.338 e. The lowest BCUT2D eigenvalue weighted by Gasteiger charge is -2.16. The molecule has 6 nitrogen and oxygen atoms in total. The molecule has 7 heteroatoms. The van der Waals surface area contributed by atoms with Gasteiger partial charge in [-0.05, 0) is 13.0 Å². The van der Waals surface area contributed by atoms with E-state index in [4.69, 9.17) is 0 Å². The van der Waals surface area contributed by atoms with Crippen molar-refractivity contribution in [1.29, 1.82) is 0 Å². The SMILES string of the molecule is CCS(=O)(=O)Nc1c(-c2ccccc2)nc2ccccc2c1C(=O)O. The van der Waals surface area contributed by atoms with E-state index < -0.39 is 16.0 Å². The number of aromatic carboxylic acids is 1. The van der Waals surface area contributed by atoms with E-state index in [0.29, 0.717) is 16.5 Å². The fraction of sp³-hybridized carbons (Fsp3) is 0.111. The molecule has 3 rings (SSSR count). The zero-order valence-electron chi connectivity index (χ0n) is 13.4. The lowest BCUT2D eigenvalue weighted by atomic mass is 10.0. The van der Waals surface area contributed by atoms with Crippen LogP contribution in [0.15, 0.2) is 54.6 Å². The van der Waals surface area contributed by atoms with Gasteiger partial charge in [-0.15, -0.1) is 0 Å². The number of benzene rings is 2. The Bertz CT molecular complexity index is 1050. The summed E-state index contributed by atoms with van der Waals surface area (Å²) in [6, 6.07) is 15.7. The number of anilines is 1. The minimum Gasteiger partial charge on any atom is -0.478 e. The topological polar surface area (TPSA) is 96.4 Å². The molecule has 25 heavy (non-hydrogen) atoms. The van der Waals surface area contributed by atoms with E-state index in [0.717, 1.165) is 0 Å². The number of nitrogens with one attached hydrogen (secondary N) is 1. The number of fused-ring (bicyclic) bond motifs is 1. The molecule has 0 atom stereocenters. The third-order valence-electron chi connectivity index (χ3n) is 3.79. The van der Waals surface area contributed by atoms with Crippen molar-refractivity contribution in [3.63, 3.8) is 0 Å². The second-order valence-corrected chi connectivity index (χ2v) is 7.42. The fourth-order valence-electron chi connectivity index (χ4n) is 2.57. The molecule has 1 aromatic heterocycles. The second-order valence-electron chi connectivity index (χ2n) is 5.40. The Morgan fingerprint density at radius 3 is 2.36 bits per heavy atom. The van der Waals surface area contributed by atoms with Crippen LogP contribution in [-0.4, -0.2) is 30.2 Å². The molecule has 0 aliphatic heterocycles. The van der Waals surface area contributed by atoms with E-state index in [1.54, 1.807) is 48.5 Å². The Kier molecular flexibility index (Phi) is 4.41. The molecular weight excluding hydrogens is 340 g/mol. The quantitative estimate of drug-likeness (QED) is 0.731. The van der Waals surface area contributed by atoms with Crippen molar-refractivity contribution in [2.45, 2.75) is 6.92 Å². The van der Waals surface area contributed by atoms with E-state index >= 15 is 0 Å². The van der Waals surface area contributed by atoms with Crippen LogP contribution in [-0.2, 0) is 10.0 Å².